The molecule has 0 N–H and O–H groups in total. The van der Waals surface area contributed by atoms with Crippen LogP contribution in [0.1, 0.15) is 23.8 Å². The zero-order valence-electron chi connectivity index (χ0n) is 12.9. The highest BCUT2D eigenvalue weighted by Gasteiger charge is 2.22. The Bertz CT molecular complexity index is 615. The van der Waals surface area contributed by atoms with E-state index in [2.05, 4.69) is 41.7 Å². The van der Waals surface area contributed by atoms with Crippen molar-refractivity contribution in [2.45, 2.75) is 32.5 Å². The predicted octanol–water partition coefficient (Wildman–Crippen LogP) is 0.937. The van der Waals surface area contributed by atoms with Crippen LogP contribution in [0, 0.1) is 0 Å². The Morgan fingerprint density at radius 3 is 2.50 bits per heavy atom. The van der Waals surface area contributed by atoms with Crippen LogP contribution < -0.4 is 0 Å². The number of piperazine rings is 1. The molecule has 4 heterocycles. The summed E-state index contributed by atoms with van der Waals surface area (Å²) in [6, 6.07) is 6.13. The molecule has 116 valence electrons. The minimum atomic E-state index is 0.935. The Balaban J connectivity index is 1.30. The number of rotatable bonds is 4. The van der Waals surface area contributed by atoms with Gasteiger partial charge in [0.05, 0.1) is 12.2 Å². The molecule has 0 aliphatic carbocycles. The summed E-state index contributed by atoms with van der Waals surface area (Å²) in [7, 11) is 0. The molecule has 0 amide bonds. The minimum absolute atomic E-state index is 0.935. The van der Waals surface area contributed by atoms with Crippen LogP contribution in [-0.4, -0.2) is 55.7 Å². The third-order valence-electron chi connectivity index (χ3n) is 4.63. The molecule has 22 heavy (non-hydrogen) atoms. The number of hydrogen-bond donors (Lipinski definition) is 0. The van der Waals surface area contributed by atoms with Gasteiger partial charge in [0.25, 0.3) is 0 Å². The lowest BCUT2D eigenvalue weighted by molar-refractivity contribution is 0.118. The number of hydrogen-bond acceptors (Lipinski definition) is 5. The first-order valence-electron chi connectivity index (χ1n) is 8.14. The smallest absolute Gasteiger partial charge is 0.147 e. The van der Waals surface area contributed by atoms with Crippen LogP contribution in [0.2, 0.25) is 0 Å². The van der Waals surface area contributed by atoms with Crippen molar-refractivity contribution < 1.29 is 0 Å². The molecule has 0 radical (unpaired) electrons. The third kappa shape index (κ3) is 2.89. The second kappa shape index (κ2) is 6.14. The number of pyridine rings is 1. The summed E-state index contributed by atoms with van der Waals surface area (Å²) in [5, 5.41) is 8.67. The number of nitrogens with zero attached hydrogens (tertiary/aromatic N) is 6. The Kier molecular flexibility index (Phi) is 3.86. The van der Waals surface area contributed by atoms with Gasteiger partial charge in [0.15, 0.2) is 0 Å². The first kappa shape index (κ1) is 13.8. The first-order valence-corrected chi connectivity index (χ1v) is 8.14. The van der Waals surface area contributed by atoms with E-state index < -0.39 is 0 Å². The number of aromatic nitrogens is 4. The standard InChI is InChI=1S/C16H22N6/c1-2-6-17-14(4-1)12-20-8-10-21(11-9-20)13-16-19-18-15-5-3-7-22(15)16/h1-2,4,6H,3,5,7-13H2. The van der Waals surface area contributed by atoms with Gasteiger partial charge in [-0.05, 0) is 18.6 Å². The van der Waals surface area contributed by atoms with E-state index in [0.717, 1.165) is 63.8 Å². The van der Waals surface area contributed by atoms with Crippen LogP contribution in [0.15, 0.2) is 24.4 Å². The van der Waals surface area contributed by atoms with Crippen molar-refractivity contribution >= 4 is 0 Å². The van der Waals surface area contributed by atoms with Crippen molar-refractivity contribution in [3.05, 3.63) is 41.7 Å². The molecule has 6 heteroatoms. The lowest BCUT2D eigenvalue weighted by Crippen LogP contribution is -2.45. The number of fused-ring (bicyclic) bond motifs is 1. The quantitative estimate of drug-likeness (QED) is 0.841. The Labute approximate surface area is 130 Å². The van der Waals surface area contributed by atoms with Crippen molar-refractivity contribution in [3.8, 4) is 0 Å². The molecule has 2 aliphatic heterocycles. The van der Waals surface area contributed by atoms with E-state index in [4.69, 9.17) is 0 Å². The molecule has 1 saturated heterocycles. The van der Waals surface area contributed by atoms with Crippen LogP contribution in [-0.2, 0) is 26.1 Å². The van der Waals surface area contributed by atoms with E-state index in [-0.39, 0.29) is 0 Å². The Hall–Kier alpha value is -1.79. The highest BCUT2D eigenvalue weighted by molar-refractivity contribution is 5.04. The molecule has 2 aromatic rings. The third-order valence-corrected chi connectivity index (χ3v) is 4.63. The average Bonchev–Trinajstić information content (AvgIpc) is 3.15. The van der Waals surface area contributed by atoms with Gasteiger partial charge in [-0.2, -0.15) is 0 Å². The summed E-state index contributed by atoms with van der Waals surface area (Å²) in [6.07, 6.45) is 4.18. The first-order chi connectivity index (χ1) is 10.9. The van der Waals surface area contributed by atoms with Gasteiger partial charge in [0, 0.05) is 51.9 Å². The van der Waals surface area contributed by atoms with Gasteiger partial charge in [0.1, 0.15) is 11.6 Å². The highest BCUT2D eigenvalue weighted by Crippen LogP contribution is 2.16. The molecule has 0 spiro atoms. The molecular weight excluding hydrogens is 276 g/mol. The van der Waals surface area contributed by atoms with Crippen LogP contribution >= 0.6 is 0 Å². The van der Waals surface area contributed by atoms with Crippen molar-refractivity contribution in [2.24, 2.45) is 0 Å². The van der Waals surface area contributed by atoms with E-state index in [1.54, 1.807) is 0 Å². The van der Waals surface area contributed by atoms with E-state index in [1.165, 1.54) is 12.2 Å². The minimum Gasteiger partial charge on any atom is -0.314 e. The topological polar surface area (TPSA) is 50.1 Å². The van der Waals surface area contributed by atoms with E-state index in [0.29, 0.717) is 0 Å². The molecule has 0 bridgehead atoms. The molecule has 2 aromatic heterocycles. The van der Waals surface area contributed by atoms with Crippen molar-refractivity contribution in [3.63, 3.8) is 0 Å². The van der Waals surface area contributed by atoms with E-state index >= 15 is 0 Å². The molecule has 1 fully saturated rings. The second-order valence-electron chi connectivity index (χ2n) is 6.16. The van der Waals surface area contributed by atoms with Crippen LogP contribution in [0.25, 0.3) is 0 Å². The van der Waals surface area contributed by atoms with E-state index in [1.807, 2.05) is 12.3 Å². The van der Waals surface area contributed by atoms with Gasteiger partial charge in [-0.3, -0.25) is 14.8 Å². The van der Waals surface area contributed by atoms with Crippen molar-refractivity contribution in [1.29, 1.82) is 0 Å². The zero-order valence-corrected chi connectivity index (χ0v) is 12.9. The maximum absolute atomic E-state index is 4.42. The lowest BCUT2D eigenvalue weighted by Gasteiger charge is -2.34. The highest BCUT2D eigenvalue weighted by atomic mass is 15.3. The monoisotopic (exact) mass is 298 g/mol. The number of aryl methyl sites for hydroxylation is 1. The normalized spacial score (nSPS) is 19.5. The molecule has 0 atom stereocenters. The summed E-state index contributed by atoms with van der Waals surface area (Å²) >= 11 is 0. The maximum atomic E-state index is 4.42. The SMILES string of the molecule is c1ccc(CN2CCN(Cc3nnc4n3CCC4)CC2)nc1. The fourth-order valence-corrected chi connectivity index (χ4v) is 3.35. The van der Waals surface area contributed by atoms with Crippen LogP contribution in [0.3, 0.4) is 0 Å². The van der Waals surface area contributed by atoms with E-state index in [9.17, 15) is 0 Å². The molecular formula is C16H22N6. The summed E-state index contributed by atoms with van der Waals surface area (Å²) in [4.78, 5) is 9.38. The summed E-state index contributed by atoms with van der Waals surface area (Å²) in [6.45, 7) is 7.36. The fourth-order valence-electron chi connectivity index (χ4n) is 3.35. The van der Waals surface area contributed by atoms with Crippen molar-refractivity contribution in [1.82, 2.24) is 29.5 Å². The van der Waals surface area contributed by atoms with Crippen LogP contribution in [0.4, 0.5) is 0 Å². The summed E-state index contributed by atoms with van der Waals surface area (Å²) < 4.78 is 2.31. The fraction of sp³-hybridized carbons (Fsp3) is 0.562. The molecule has 0 saturated carbocycles. The summed E-state index contributed by atoms with van der Waals surface area (Å²) in [5.41, 5.74) is 1.16. The second-order valence-corrected chi connectivity index (χ2v) is 6.16. The maximum Gasteiger partial charge on any atom is 0.147 e. The zero-order chi connectivity index (χ0) is 14.8. The van der Waals surface area contributed by atoms with Crippen molar-refractivity contribution in [2.75, 3.05) is 26.2 Å². The molecule has 0 unspecified atom stereocenters. The average molecular weight is 298 g/mol. The lowest BCUT2D eigenvalue weighted by atomic mass is 10.2. The van der Waals surface area contributed by atoms with Gasteiger partial charge >= 0.3 is 0 Å². The molecule has 4 rings (SSSR count). The molecule has 6 nitrogen and oxygen atoms in total. The molecule has 2 aliphatic rings. The van der Waals surface area contributed by atoms with Gasteiger partial charge in [-0.1, -0.05) is 6.07 Å². The largest absolute Gasteiger partial charge is 0.314 e. The van der Waals surface area contributed by atoms with Gasteiger partial charge in [0.2, 0.25) is 0 Å². The Morgan fingerprint density at radius 2 is 1.73 bits per heavy atom. The summed E-state index contributed by atoms with van der Waals surface area (Å²) in [5.74, 6) is 2.31. The predicted molar refractivity (Wildman–Crippen MR) is 83.1 cm³/mol. The van der Waals surface area contributed by atoms with Gasteiger partial charge in [-0.25, -0.2) is 0 Å². The molecule has 0 aromatic carbocycles. The van der Waals surface area contributed by atoms with Gasteiger partial charge in [-0.15, -0.1) is 10.2 Å². The van der Waals surface area contributed by atoms with Crippen LogP contribution in [0.5, 0.6) is 0 Å². The van der Waals surface area contributed by atoms with Gasteiger partial charge < -0.3 is 4.57 Å². The Morgan fingerprint density at radius 1 is 0.909 bits per heavy atom.